The molecule has 0 radical (unpaired) electrons. The Labute approximate surface area is 143 Å². The number of rotatable bonds is 7. The summed E-state index contributed by atoms with van der Waals surface area (Å²) in [6.45, 7) is -0.0286. The molecule has 0 aliphatic carbocycles. The third-order valence-electron chi connectivity index (χ3n) is 3.26. The Morgan fingerprint density at radius 2 is 1.64 bits per heavy atom. The van der Waals surface area contributed by atoms with Gasteiger partial charge in [0.2, 0.25) is 10.0 Å². The molecule has 0 saturated heterocycles. The average molecular weight is 375 g/mol. The Bertz CT molecular complexity index is 777. The van der Waals surface area contributed by atoms with E-state index in [1.165, 1.54) is 0 Å². The average Bonchev–Trinajstić information content (AvgIpc) is 2.54. The van der Waals surface area contributed by atoms with Crippen LogP contribution in [0.3, 0.4) is 0 Å². The van der Waals surface area contributed by atoms with E-state index < -0.39 is 28.2 Å². The summed E-state index contributed by atoms with van der Waals surface area (Å²) in [5.41, 5.74) is 0.662. The Hall–Kier alpha value is -2.10. The van der Waals surface area contributed by atoms with Gasteiger partial charge in [0.15, 0.2) is 0 Å². The molecule has 5 nitrogen and oxygen atoms in total. The van der Waals surface area contributed by atoms with E-state index in [1.807, 2.05) is 0 Å². The van der Waals surface area contributed by atoms with Crippen molar-refractivity contribution in [3.8, 4) is 5.75 Å². The molecule has 2 rings (SSSR count). The van der Waals surface area contributed by atoms with Crippen molar-refractivity contribution >= 4 is 10.0 Å². The monoisotopic (exact) mass is 375 g/mol. The number of nitrogens with one attached hydrogen (secondary N) is 1. The molecule has 0 aromatic heterocycles. The third kappa shape index (κ3) is 6.04. The summed E-state index contributed by atoms with van der Waals surface area (Å²) in [6.07, 6.45) is -5.52. The molecular weight excluding hydrogens is 359 g/mol. The molecule has 2 aromatic rings. The maximum Gasteiger partial charge on any atom is 0.573 e. The first-order valence-corrected chi connectivity index (χ1v) is 8.74. The molecule has 0 aliphatic rings. The fraction of sp³-hybridized carbons (Fsp3) is 0.250. The van der Waals surface area contributed by atoms with Crippen molar-refractivity contribution in [2.45, 2.75) is 23.8 Å². The van der Waals surface area contributed by atoms with E-state index in [9.17, 15) is 26.7 Å². The largest absolute Gasteiger partial charge is 0.573 e. The number of sulfonamides is 1. The van der Waals surface area contributed by atoms with E-state index >= 15 is 0 Å². The number of benzene rings is 2. The zero-order chi connectivity index (χ0) is 18.5. The number of aliphatic hydroxyl groups is 1. The normalized spacial score (nSPS) is 13.4. The Balaban J connectivity index is 1.93. The van der Waals surface area contributed by atoms with Crippen LogP contribution < -0.4 is 9.46 Å². The van der Waals surface area contributed by atoms with Crippen LogP contribution in [-0.2, 0) is 10.0 Å². The Morgan fingerprint density at radius 3 is 2.20 bits per heavy atom. The fourth-order valence-corrected chi connectivity index (χ4v) is 3.12. The van der Waals surface area contributed by atoms with Gasteiger partial charge in [0.25, 0.3) is 0 Å². The summed E-state index contributed by atoms with van der Waals surface area (Å²) in [5, 5.41) is 9.97. The van der Waals surface area contributed by atoms with Crippen LogP contribution >= 0.6 is 0 Å². The number of ether oxygens (including phenoxy) is 1. The molecule has 2 aromatic carbocycles. The van der Waals surface area contributed by atoms with Crippen LogP contribution in [0.5, 0.6) is 5.75 Å². The van der Waals surface area contributed by atoms with Crippen molar-refractivity contribution in [1.82, 2.24) is 4.72 Å². The van der Waals surface area contributed by atoms with E-state index in [-0.39, 0.29) is 17.9 Å². The topological polar surface area (TPSA) is 75.6 Å². The molecule has 0 bridgehead atoms. The molecular formula is C16H16F3NO4S. The van der Waals surface area contributed by atoms with E-state index in [2.05, 4.69) is 9.46 Å². The van der Waals surface area contributed by atoms with Gasteiger partial charge in [0, 0.05) is 6.54 Å². The van der Waals surface area contributed by atoms with Crippen LogP contribution in [0.1, 0.15) is 18.1 Å². The minimum absolute atomic E-state index is 0.0286. The van der Waals surface area contributed by atoms with E-state index in [1.54, 1.807) is 30.3 Å². The number of hydrogen-bond acceptors (Lipinski definition) is 4. The number of halogens is 3. The maximum atomic E-state index is 12.1. The predicted molar refractivity (Wildman–Crippen MR) is 84.3 cm³/mol. The van der Waals surface area contributed by atoms with Crippen LogP contribution in [0.25, 0.3) is 0 Å². The van der Waals surface area contributed by atoms with Crippen LogP contribution in [0, 0.1) is 0 Å². The summed E-state index contributed by atoms with van der Waals surface area (Å²) < 4.78 is 66.4. The maximum absolute atomic E-state index is 12.1. The van der Waals surface area contributed by atoms with Gasteiger partial charge in [-0.1, -0.05) is 30.3 Å². The van der Waals surface area contributed by atoms with E-state index in [0.717, 1.165) is 24.3 Å². The molecule has 2 N–H and O–H groups in total. The molecule has 0 unspecified atom stereocenters. The van der Waals surface area contributed by atoms with Crippen molar-refractivity contribution < 1.29 is 31.4 Å². The van der Waals surface area contributed by atoms with Crippen molar-refractivity contribution in [2.24, 2.45) is 0 Å². The number of alkyl halides is 3. The van der Waals surface area contributed by atoms with Gasteiger partial charge in [-0.05, 0) is 36.2 Å². The van der Waals surface area contributed by atoms with Gasteiger partial charge in [-0.2, -0.15) is 0 Å². The standard InChI is InChI=1S/C16H16F3NO4S/c17-16(18,19)24-13-6-8-14(9-7-13)25(22,23)20-11-10-15(21)12-4-2-1-3-5-12/h1-9,15,20-21H,10-11H2/t15-/m0/s1. The van der Waals surface area contributed by atoms with Crippen molar-refractivity contribution in [3.05, 3.63) is 60.2 Å². The molecule has 9 heteroatoms. The molecule has 0 aliphatic heterocycles. The van der Waals surface area contributed by atoms with Crippen LogP contribution in [0.2, 0.25) is 0 Å². The van der Waals surface area contributed by atoms with Gasteiger partial charge < -0.3 is 9.84 Å². The quantitative estimate of drug-likeness (QED) is 0.780. The first-order valence-electron chi connectivity index (χ1n) is 7.26. The minimum Gasteiger partial charge on any atom is -0.406 e. The minimum atomic E-state index is -4.84. The molecule has 136 valence electrons. The Morgan fingerprint density at radius 1 is 1.04 bits per heavy atom. The summed E-state index contributed by atoms with van der Waals surface area (Å²) in [4.78, 5) is -0.198. The van der Waals surface area contributed by atoms with Gasteiger partial charge in [0.05, 0.1) is 11.0 Å². The lowest BCUT2D eigenvalue weighted by Crippen LogP contribution is -2.26. The molecule has 0 heterocycles. The fourth-order valence-electron chi connectivity index (χ4n) is 2.08. The SMILES string of the molecule is O=S(=O)(NCC[C@H](O)c1ccccc1)c1ccc(OC(F)(F)F)cc1. The lowest BCUT2D eigenvalue weighted by atomic mass is 10.1. The molecule has 0 amide bonds. The predicted octanol–water partition coefficient (Wildman–Crippen LogP) is 2.99. The second-order valence-corrected chi connectivity index (χ2v) is 6.90. The first kappa shape index (κ1) is 19.2. The Kier molecular flexibility index (Phi) is 6.04. The summed E-state index contributed by atoms with van der Waals surface area (Å²) >= 11 is 0. The lowest BCUT2D eigenvalue weighted by Gasteiger charge is -2.12. The van der Waals surface area contributed by atoms with Crippen LogP contribution in [-0.4, -0.2) is 26.4 Å². The van der Waals surface area contributed by atoms with Gasteiger partial charge in [-0.15, -0.1) is 13.2 Å². The van der Waals surface area contributed by atoms with Crippen LogP contribution in [0.15, 0.2) is 59.5 Å². The molecule has 0 spiro atoms. The number of hydrogen-bond donors (Lipinski definition) is 2. The van der Waals surface area contributed by atoms with Gasteiger partial charge in [-0.25, -0.2) is 13.1 Å². The van der Waals surface area contributed by atoms with E-state index in [4.69, 9.17) is 0 Å². The van der Waals surface area contributed by atoms with Gasteiger partial charge >= 0.3 is 6.36 Å². The molecule has 1 atom stereocenters. The first-order chi connectivity index (χ1) is 11.7. The van der Waals surface area contributed by atoms with Crippen molar-refractivity contribution in [1.29, 1.82) is 0 Å². The highest BCUT2D eigenvalue weighted by Crippen LogP contribution is 2.24. The van der Waals surface area contributed by atoms with Crippen LogP contribution in [0.4, 0.5) is 13.2 Å². The second kappa shape index (κ2) is 7.85. The smallest absolute Gasteiger partial charge is 0.406 e. The van der Waals surface area contributed by atoms with Crippen molar-refractivity contribution in [2.75, 3.05) is 6.54 Å². The second-order valence-electron chi connectivity index (χ2n) is 5.13. The molecule has 0 saturated carbocycles. The molecule has 0 fully saturated rings. The zero-order valence-electron chi connectivity index (χ0n) is 12.9. The van der Waals surface area contributed by atoms with E-state index in [0.29, 0.717) is 5.56 Å². The highest BCUT2D eigenvalue weighted by atomic mass is 32.2. The number of aliphatic hydroxyl groups excluding tert-OH is 1. The summed E-state index contributed by atoms with van der Waals surface area (Å²) in [5.74, 6) is -0.508. The zero-order valence-corrected chi connectivity index (χ0v) is 13.7. The summed E-state index contributed by atoms with van der Waals surface area (Å²) in [6, 6.07) is 12.6. The van der Waals surface area contributed by atoms with Gasteiger partial charge in [-0.3, -0.25) is 0 Å². The summed E-state index contributed by atoms with van der Waals surface area (Å²) in [7, 11) is -3.90. The van der Waals surface area contributed by atoms with Gasteiger partial charge in [0.1, 0.15) is 5.75 Å². The highest BCUT2D eigenvalue weighted by Gasteiger charge is 2.31. The third-order valence-corrected chi connectivity index (χ3v) is 4.74. The lowest BCUT2D eigenvalue weighted by molar-refractivity contribution is -0.274. The molecule has 25 heavy (non-hydrogen) atoms. The van der Waals surface area contributed by atoms with Crippen molar-refractivity contribution in [3.63, 3.8) is 0 Å². The highest BCUT2D eigenvalue weighted by molar-refractivity contribution is 7.89.